The first kappa shape index (κ1) is 26.2. The maximum atomic E-state index is 14.0. The van der Waals surface area contributed by atoms with Crippen molar-refractivity contribution in [3.05, 3.63) is 70.0 Å². The predicted molar refractivity (Wildman–Crippen MR) is 131 cm³/mol. The highest BCUT2D eigenvalue weighted by Gasteiger charge is 2.28. The van der Waals surface area contributed by atoms with Gasteiger partial charge in [0.2, 0.25) is 11.8 Å². The van der Waals surface area contributed by atoms with E-state index in [1.54, 1.807) is 17.0 Å². The number of halogens is 2. The first-order valence-corrected chi connectivity index (χ1v) is 12.5. The largest absolute Gasteiger partial charge is 0.354 e. The Morgan fingerprint density at radius 3 is 2.50 bits per heavy atom. The van der Waals surface area contributed by atoms with Crippen LogP contribution in [0.3, 0.4) is 0 Å². The number of carbonyl (C=O) groups excluding carboxylic acids is 2. The summed E-state index contributed by atoms with van der Waals surface area (Å²) in [6.07, 6.45) is 2.39. The summed E-state index contributed by atoms with van der Waals surface area (Å²) in [6, 6.07) is 11.9. The summed E-state index contributed by atoms with van der Waals surface area (Å²) in [7, 11) is 0. The number of thioether (sulfide) groups is 1. The molecule has 0 aliphatic rings. The molecule has 2 rings (SSSR count). The molecule has 1 atom stereocenters. The SMILES string of the molecule is CCCCNC(=O)[C@H](CC)N(Cc1ccc(C)cc1)C(=O)CSCc1c(F)cccc1Cl. The van der Waals surface area contributed by atoms with Crippen molar-refractivity contribution in [2.45, 2.75) is 58.4 Å². The molecular formula is C25H32ClFN2O2S. The van der Waals surface area contributed by atoms with Crippen LogP contribution in [0.1, 0.15) is 49.8 Å². The molecule has 0 aliphatic heterocycles. The number of carbonyl (C=O) groups is 2. The molecular weight excluding hydrogens is 447 g/mol. The van der Waals surface area contributed by atoms with Gasteiger partial charge in [-0.15, -0.1) is 11.8 Å². The molecule has 0 unspecified atom stereocenters. The van der Waals surface area contributed by atoms with Crippen LogP contribution >= 0.6 is 23.4 Å². The molecule has 174 valence electrons. The van der Waals surface area contributed by atoms with Gasteiger partial charge in [-0.25, -0.2) is 4.39 Å². The van der Waals surface area contributed by atoms with Gasteiger partial charge in [0.15, 0.2) is 0 Å². The fraction of sp³-hybridized carbons (Fsp3) is 0.440. The Morgan fingerprint density at radius 2 is 1.88 bits per heavy atom. The molecule has 2 aromatic carbocycles. The Kier molecular flexibility index (Phi) is 11.0. The number of unbranched alkanes of at least 4 members (excludes halogenated alkanes) is 1. The molecule has 0 saturated heterocycles. The second-order valence-electron chi connectivity index (χ2n) is 7.77. The molecule has 32 heavy (non-hydrogen) atoms. The van der Waals surface area contributed by atoms with Crippen molar-refractivity contribution >= 4 is 35.2 Å². The summed E-state index contributed by atoms with van der Waals surface area (Å²) in [4.78, 5) is 27.7. The molecule has 7 heteroatoms. The summed E-state index contributed by atoms with van der Waals surface area (Å²) in [5, 5.41) is 3.31. The van der Waals surface area contributed by atoms with Gasteiger partial charge in [-0.05, 0) is 37.5 Å². The molecule has 0 spiro atoms. The third kappa shape index (κ3) is 7.82. The Labute approximate surface area is 199 Å². The Morgan fingerprint density at radius 1 is 1.16 bits per heavy atom. The lowest BCUT2D eigenvalue weighted by Crippen LogP contribution is -2.49. The molecule has 0 aliphatic carbocycles. The zero-order valence-electron chi connectivity index (χ0n) is 19.0. The number of benzene rings is 2. The maximum Gasteiger partial charge on any atom is 0.242 e. The summed E-state index contributed by atoms with van der Waals surface area (Å²) in [5.41, 5.74) is 2.49. The fourth-order valence-corrected chi connectivity index (χ4v) is 4.56. The Balaban J connectivity index is 2.13. The van der Waals surface area contributed by atoms with Crippen LogP contribution in [0.5, 0.6) is 0 Å². The van der Waals surface area contributed by atoms with Gasteiger partial charge in [-0.1, -0.05) is 67.8 Å². The van der Waals surface area contributed by atoms with Crippen LogP contribution in [-0.4, -0.2) is 35.1 Å². The molecule has 4 nitrogen and oxygen atoms in total. The highest BCUT2D eigenvalue weighted by atomic mass is 35.5. The minimum Gasteiger partial charge on any atom is -0.354 e. The second kappa shape index (κ2) is 13.5. The van der Waals surface area contributed by atoms with Crippen LogP contribution in [-0.2, 0) is 21.9 Å². The van der Waals surface area contributed by atoms with Gasteiger partial charge in [0.1, 0.15) is 11.9 Å². The van der Waals surface area contributed by atoms with E-state index in [0.29, 0.717) is 30.1 Å². The number of hydrogen-bond acceptors (Lipinski definition) is 3. The Hall–Kier alpha value is -2.05. The van der Waals surface area contributed by atoms with E-state index < -0.39 is 6.04 Å². The summed E-state index contributed by atoms with van der Waals surface area (Å²) in [5.74, 6) is -0.246. The third-order valence-corrected chi connectivity index (χ3v) is 6.52. The van der Waals surface area contributed by atoms with Crippen molar-refractivity contribution < 1.29 is 14.0 Å². The summed E-state index contributed by atoms with van der Waals surface area (Å²) < 4.78 is 14.0. The van der Waals surface area contributed by atoms with Gasteiger partial charge in [-0.2, -0.15) is 0 Å². The first-order valence-electron chi connectivity index (χ1n) is 11.0. The smallest absolute Gasteiger partial charge is 0.242 e. The molecule has 0 fully saturated rings. The summed E-state index contributed by atoms with van der Waals surface area (Å²) in [6.45, 7) is 6.92. The third-order valence-electron chi connectivity index (χ3n) is 5.22. The molecule has 0 heterocycles. The van der Waals surface area contributed by atoms with E-state index in [1.165, 1.54) is 17.8 Å². The normalized spacial score (nSPS) is 11.8. The molecule has 0 bridgehead atoms. The van der Waals surface area contributed by atoms with Crippen molar-refractivity contribution in [1.29, 1.82) is 0 Å². The van der Waals surface area contributed by atoms with Crippen LogP contribution in [0.15, 0.2) is 42.5 Å². The number of aryl methyl sites for hydroxylation is 1. The molecule has 1 N–H and O–H groups in total. The van der Waals surface area contributed by atoms with E-state index >= 15 is 0 Å². The van der Waals surface area contributed by atoms with Crippen LogP contribution in [0, 0.1) is 12.7 Å². The molecule has 0 radical (unpaired) electrons. The van der Waals surface area contributed by atoms with Crippen molar-refractivity contribution in [2.24, 2.45) is 0 Å². The molecule has 0 aromatic heterocycles. The predicted octanol–water partition coefficient (Wildman–Crippen LogP) is 5.74. The van der Waals surface area contributed by atoms with Crippen molar-refractivity contribution in [3.8, 4) is 0 Å². The number of nitrogens with zero attached hydrogens (tertiary/aromatic N) is 1. The molecule has 0 saturated carbocycles. The molecule has 2 amide bonds. The van der Waals surface area contributed by atoms with E-state index in [2.05, 4.69) is 12.2 Å². The minimum atomic E-state index is -0.557. The quantitative estimate of drug-likeness (QED) is 0.395. The monoisotopic (exact) mass is 478 g/mol. The van der Waals surface area contributed by atoms with Gasteiger partial charge >= 0.3 is 0 Å². The van der Waals surface area contributed by atoms with Crippen LogP contribution in [0.25, 0.3) is 0 Å². The highest BCUT2D eigenvalue weighted by molar-refractivity contribution is 7.99. The molecule has 2 aromatic rings. The van der Waals surface area contributed by atoms with E-state index in [-0.39, 0.29) is 29.1 Å². The lowest BCUT2D eigenvalue weighted by atomic mass is 10.1. The van der Waals surface area contributed by atoms with Gasteiger partial charge in [0.25, 0.3) is 0 Å². The van der Waals surface area contributed by atoms with Gasteiger partial charge in [0.05, 0.1) is 5.75 Å². The number of amides is 2. The minimum absolute atomic E-state index is 0.134. The van der Waals surface area contributed by atoms with Crippen LogP contribution < -0.4 is 5.32 Å². The average Bonchev–Trinajstić information content (AvgIpc) is 2.77. The van der Waals surface area contributed by atoms with Gasteiger partial charge in [0, 0.05) is 29.4 Å². The van der Waals surface area contributed by atoms with Crippen LogP contribution in [0.4, 0.5) is 4.39 Å². The average molecular weight is 479 g/mol. The van der Waals surface area contributed by atoms with Crippen molar-refractivity contribution in [3.63, 3.8) is 0 Å². The van der Waals surface area contributed by atoms with E-state index in [0.717, 1.165) is 24.0 Å². The second-order valence-corrected chi connectivity index (χ2v) is 9.16. The zero-order valence-corrected chi connectivity index (χ0v) is 20.6. The fourth-order valence-electron chi connectivity index (χ4n) is 3.31. The van der Waals surface area contributed by atoms with E-state index in [1.807, 2.05) is 38.1 Å². The van der Waals surface area contributed by atoms with E-state index in [4.69, 9.17) is 11.6 Å². The van der Waals surface area contributed by atoms with Crippen molar-refractivity contribution in [1.82, 2.24) is 10.2 Å². The lowest BCUT2D eigenvalue weighted by molar-refractivity contribution is -0.139. The number of nitrogens with one attached hydrogen (secondary N) is 1. The standard InChI is InChI=1S/C25H32ClFN2O2S/c1-4-6-14-28-25(31)23(5-2)29(15-19-12-10-18(3)11-13-19)24(30)17-32-16-20-21(26)8-7-9-22(20)27/h7-13,23H,4-6,14-17H2,1-3H3,(H,28,31)/t23-/m0/s1. The number of hydrogen-bond donors (Lipinski definition) is 1. The van der Waals surface area contributed by atoms with E-state index in [9.17, 15) is 14.0 Å². The van der Waals surface area contributed by atoms with Crippen LogP contribution in [0.2, 0.25) is 5.02 Å². The van der Waals surface area contributed by atoms with Gasteiger partial charge in [-0.3, -0.25) is 9.59 Å². The topological polar surface area (TPSA) is 49.4 Å². The zero-order chi connectivity index (χ0) is 23.5. The lowest BCUT2D eigenvalue weighted by Gasteiger charge is -2.30. The summed E-state index contributed by atoms with van der Waals surface area (Å²) >= 11 is 7.40. The first-order chi connectivity index (χ1) is 15.4. The Bertz CT molecular complexity index is 872. The van der Waals surface area contributed by atoms with Crippen molar-refractivity contribution in [2.75, 3.05) is 12.3 Å². The highest BCUT2D eigenvalue weighted by Crippen LogP contribution is 2.24. The van der Waals surface area contributed by atoms with Gasteiger partial charge < -0.3 is 10.2 Å². The number of rotatable bonds is 12. The maximum absolute atomic E-state index is 14.0.